The van der Waals surface area contributed by atoms with Crippen molar-refractivity contribution >= 4 is 40.3 Å². The van der Waals surface area contributed by atoms with Gasteiger partial charge in [-0.3, -0.25) is 4.79 Å². The SMILES string of the molecule is O=C(O)CSc1nnnn1-c1ccc(F)cc1I. The zero-order chi connectivity index (χ0) is 13.1. The Hall–Kier alpha value is -1.23. The minimum atomic E-state index is -0.955. The molecule has 94 valence electrons. The molecule has 0 aliphatic rings. The Morgan fingerprint density at radius 2 is 2.33 bits per heavy atom. The fourth-order valence-electron chi connectivity index (χ4n) is 1.20. The van der Waals surface area contributed by atoms with Crippen molar-refractivity contribution in [2.75, 3.05) is 5.75 Å². The number of thioether (sulfide) groups is 1. The minimum absolute atomic E-state index is 0.141. The second-order valence-corrected chi connectivity index (χ2v) is 5.26. The molecule has 1 heterocycles. The first-order chi connectivity index (χ1) is 8.58. The van der Waals surface area contributed by atoms with Gasteiger partial charge in [0.25, 0.3) is 0 Å². The maximum Gasteiger partial charge on any atom is 0.313 e. The van der Waals surface area contributed by atoms with Gasteiger partial charge >= 0.3 is 5.97 Å². The lowest BCUT2D eigenvalue weighted by molar-refractivity contribution is -0.133. The standard InChI is InChI=1S/C9H6FIN4O2S/c10-5-1-2-7(6(11)3-5)15-9(12-13-14-15)18-4-8(16)17/h1-3H,4H2,(H,16,17). The van der Waals surface area contributed by atoms with Crippen molar-refractivity contribution in [1.29, 1.82) is 0 Å². The number of halogens is 2. The van der Waals surface area contributed by atoms with Crippen molar-refractivity contribution in [3.05, 3.63) is 27.6 Å². The summed E-state index contributed by atoms with van der Waals surface area (Å²) in [5, 5.41) is 20.0. The van der Waals surface area contributed by atoms with Crippen LogP contribution in [0.4, 0.5) is 4.39 Å². The summed E-state index contributed by atoms with van der Waals surface area (Å²) in [6.07, 6.45) is 0. The van der Waals surface area contributed by atoms with Gasteiger partial charge in [-0.1, -0.05) is 11.8 Å². The van der Waals surface area contributed by atoms with E-state index in [9.17, 15) is 9.18 Å². The average Bonchev–Trinajstić information content (AvgIpc) is 2.74. The maximum atomic E-state index is 13.0. The van der Waals surface area contributed by atoms with Gasteiger partial charge in [-0.2, -0.15) is 4.68 Å². The molecule has 1 aromatic carbocycles. The Morgan fingerprint density at radius 1 is 1.56 bits per heavy atom. The van der Waals surface area contributed by atoms with E-state index in [1.54, 1.807) is 0 Å². The summed E-state index contributed by atoms with van der Waals surface area (Å²) >= 11 is 2.96. The highest BCUT2D eigenvalue weighted by Gasteiger charge is 2.13. The second-order valence-electron chi connectivity index (χ2n) is 3.15. The summed E-state index contributed by atoms with van der Waals surface area (Å²) in [6, 6.07) is 4.19. The molecule has 6 nitrogen and oxygen atoms in total. The van der Waals surface area contributed by atoms with Crippen LogP contribution in [0, 0.1) is 9.39 Å². The van der Waals surface area contributed by atoms with Crippen LogP contribution in [0.5, 0.6) is 0 Å². The molecule has 0 saturated carbocycles. The fraction of sp³-hybridized carbons (Fsp3) is 0.111. The highest BCUT2D eigenvalue weighted by molar-refractivity contribution is 14.1. The predicted octanol–water partition coefficient (Wildman–Crippen LogP) is 1.58. The van der Waals surface area contributed by atoms with Crippen molar-refractivity contribution in [2.45, 2.75) is 5.16 Å². The third kappa shape index (κ3) is 2.96. The Balaban J connectivity index is 2.33. The van der Waals surface area contributed by atoms with Gasteiger partial charge in [0.2, 0.25) is 5.16 Å². The van der Waals surface area contributed by atoms with Crippen LogP contribution in [0.3, 0.4) is 0 Å². The molecule has 0 spiro atoms. The number of aliphatic carboxylic acids is 1. The summed E-state index contributed by atoms with van der Waals surface area (Å²) in [5.74, 6) is -1.45. The highest BCUT2D eigenvalue weighted by atomic mass is 127. The van der Waals surface area contributed by atoms with Crippen LogP contribution in [0.25, 0.3) is 5.69 Å². The van der Waals surface area contributed by atoms with Crippen molar-refractivity contribution in [3.8, 4) is 5.69 Å². The van der Waals surface area contributed by atoms with Crippen molar-refractivity contribution in [1.82, 2.24) is 20.2 Å². The van der Waals surface area contributed by atoms with Gasteiger partial charge in [-0.05, 0) is 51.2 Å². The van der Waals surface area contributed by atoms with E-state index >= 15 is 0 Å². The van der Waals surface area contributed by atoms with Crippen molar-refractivity contribution in [3.63, 3.8) is 0 Å². The summed E-state index contributed by atoms with van der Waals surface area (Å²) in [4.78, 5) is 10.5. The van der Waals surface area contributed by atoms with E-state index < -0.39 is 5.97 Å². The molecule has 0 aliphatic heterocycles. The van der Waals surface area contributed by atoms with Gasteiger partial charge in [0.15, 0.2) is 0 Å². The van der Waals surface area contributed by atoms with E-state index in [2.05, 4.69) is 15.5 Å². The molecule has 0 unspecified atom stereocenters. The summed E-state index contributed by atoms with van der Waals surface area (Å²) < 4.78 is 15.0. The molecule has 0 aliphatic carbocycles. The molecule has 0 atom stereocenters. The normalized spacial score (nSPS) is 10.6. The number of benzene rings is 1. The summed E-state index contributed by atoms with van der Waals surface area (Å²) in [7, 11) is 0. The number of aromatic nitrogens is 4. The van der Waals surface area contributed by atoms with Crippen LogP contribution in [0.2, 0.25) is 0 Å². The monoisotopic (exact) mass is 380 g/mol. The molecular formula is C9H6FIN4O2S. The predicted molar refractivity (Wildman–Crippen MR) is 70.2 cm³/mol. The van der Waals surface area contributed by atoms with Crippen LogP contribution in [0.1, 0.15) is 0 Å². The Morgan fingerprint density at radius 3 is 3.00 bits per heavy atom. The highest BCUT2D eigenvalue weighted by Crippen LogP contribution is 2.22. The number of carboxylic acid groups (broad SMARTS) is 1. The number of hydrogen-bond acceptors (Lipinski definition) is 5. The number of carboxylic acids is 1. The van der Waals surface area contributed by atoms with Gasteiger partial charge in [-0.25, -0.2) is 4.39 Å². The van der Waals surface area contributed by atoms with Crippen LogP contribution in [0.15, 0.2) is 23.4 Å². The van der Waals surface area contributed by atoms with Crippen molar-refractivity contribution < 1.29 is 14.3 Å². The van der Waals surface area contributed by atoms with Crippen molar-refractivity contribution in [2.24, 2.45) is 0 Å². The average molecular weight is 380 g/mol. The van der Waals surface area contributed by atoms with Crippen LogP contribution in [-0.2, 0) is 4.79 Å². The third-order valence-electron chi connectivity index (χ3n) is 1.90. The number of rotatable bonds is 4. The van der Waals surface area contributed by atoms with Gasteiger partial charge in [0, 0.05) is 3.57 Å². The quantitative estimate of drug-likeness (QED) is 0.641. The van der Waals surface area contributed by atoms with Crippen LogP contribution in [-0.4, -0.2) is 37.0 Å². The first-order valence-electron chi connectivity index (χ1n) is 4.66. The first-order valence-corrected chi connectivity index (χ1v) is 6.73. The number of carbonyl (C=O) groups is 1. The molecule has 2 aromatic rings. The van der Waals surface area contributed by atoms with Crippen LogP contribution >= 0.6 is 34.4 Å². The minimum Gasteiger partial charge on any atom is -0.481 e. The third-order valence-corrected chi connectivity index (χ3v) is 3.67. The second kappa shape index (κ2) is 5.61. The van der Waals surface area contributed by atoms with E-state index in [0.717, 1.165) is 11.8 Å². The molecule has 0 saturated heterocycles. The van der Waals surface area contributed by atoms with Gasteiger partial charge in [0.1, 0.15) is 5.82 Å². The summed E-state index contributed by atoms with van der Waals surface area (Å²) in [5.41, 5.74) is 0.606. The smallest absolute Gasteiger partial charge is 0.313 e. The zero-order valence-electron chi connectivity index (χ0n) is 8.75. The molecule has 9 heteroatoms. The molecule has 2 rings (SSSR count). The maximum absolute atomic E-state index is 13.0. The lowest BCUT2D eigenvalue weighted by Gasteiger charge is -2.05. The topological polar surface area (TPSA) is 80.9 Å². The molecule has 18 heavy (non-hydrogen) atoms. The Kier molecular flexibility index (Phi) is 4.11. The molecule has 0 amide bonds. The Bertz CT molecular complexity index is 592. The molecule has 0 fully saturated rings. The van der Waals surface area contributed by atoms with E-state index in [4.69, 9.17) is 5.11 Å². The summed E-state index contributed by atoms with van der Waals surface area (Å²) in [6.45, 7) is 0. The molecule has 0 radical (unpaired) electrons. The zero-order valence-corrected chi connectivity index (χ0v) is 11.7. The van der Waals surface area contributed by atoms with Crippen LogP contribution < -0.4 is 0 Å². The number of tetrazole rings is 1. The lowest BCUT2D eigenvalue weighted by atomic mass is 10.3. The van der Waals surface area contributed by atoms with Gasteiger partial charge < -0.3 is 5.11 Å². The molecule has 1 aromatic heterocycles. The first kappa shape index (κ1) is 13.2. The van der Waals surface area contributed by atoms with Gasteiger partial charge in [0.05, 0.1) is 11.4 Å². The van der Waals surface area contributed by atoms with E-state index in [0.29, 0.717) is 14.4 Å². The van der Waals surface area contributed by atoms with E-state index in [1.165, 1.54) is 22.9 Å². The molecule has 0 bridgehead atoms. The largest absolute Gasteiger partial charge is 0.481 e. The Labute approximate surface area is 119 Å². The fourth-order valence-corrected chi connectivity index (χ4v) is 2.51. The van der Waals surface area contributed by atoms with Gasteiger partial charge in [-0.15, -0.1) is 5.10 Å². The molecule has 1 N–H and O–H groups in total. The molecular weight excluding hydrogens is 374 g/mol. The number of nitrogens with zero attached hydrogens (tertiary/aromatic N) is 4. The van der Waals surface area contributed by atoms with E-state index in [1.807, 2.05) is 22.6 Å². The van der Waals surface area contributed by atoms with E-state index in [-0.39, 0.29) is 11.6 Å². The lowest BCUT2D eigenvalue weighted by Crippen LogP contribution is -2.04. The number of hydrogen-bond donors (Lipinski definition) is 1.